The number of nitrogens with zero attached hydrogens (tertiary/aromatic N) is 1. The molecule has 0 fully saturated rings. The SMILES string of the molecule is CCCN(C)C(=O)CCC(C)(C)N. The first kappa shape index (κ1) is 12.4. The molecular weight excluding hydrogens is 164 g/mol. The van der Waals surface area contributed by atoms with E-state index in [0.717, 1.165) is 19.4 Å². The highest BCUT2D eigenvalue weighted by Gasteiger charge is 2.14. The molecule has 0 aromatic heterocycles. The predicted octanol–water partition coefficient (Wildman–Crippen LogP) is 1.37. The second-order valence-electron chi connectivity index (χ2n) is 4.30. The minimum atomic E-state index is -0.233. The van der Waals surface area contributed by atoms with Crippen molar-refractivity contribution in [3.63, 3.8) is 0 Å². The van der Waals surface area contributed by atoms with Crippen LogP contribution in [0.25, 0.3) is 0 Å². The van der Waals surface area contributed by atoms with Crippen LogP contribution in [0, 0.1) is 0 Å². The average Bonchev–Trinajstić information content (AvgIpc) is 1.99. The molecule has 13 heavy (non-hydrogen) atoms. The number of amides is 1. The average molecular weight is 186 g/mol. The van der Waals surface area contributed by atoms with E-state index in [1.54, 1.807) is 4.90 Å². The zero-order valence-electron chi connectivity index (χ0n) is 9.26. The minimum absolute atomic E-state index is 0.195. The highest BCUT2D eigenvalue weighted by molar-refractivity contribution is 5.75. The second kappa shape index (κ2) is 5.22. The third kappa shape index (κ3) is 6.58. The van der Waals surface area contributed by atoms with E-state index in [9.17, 15) is 4.79 Å². The van der Waals surface area contributed by atoms with Crippen LogP contribution in [0.5, 0.6) is 0 Å². The van der Waals surface area contributed by atoms with E-state index in [1.165, 1.54) is 0 Å². The van der Waals surface area contributed by atoms with Crippen LogP contribution in [0.1, 0.15) is 40.0 Å². The summed E-state index contributed by atoms with van der Waals surface area (Å²) in [5.41, 5.74) is 5.55. The van der Waals surface area contributed by atoms with E-state index in [2.05, 4.69) is 6.92 Å². The summed E-state index contributed by atoms with van der Waals surface area (Å²) in [6, 6.07) is 0. The van der Waals surface area contributed by atoms with Gasteiger partial charge in [0.25, 0.3) is 0 Å². The molecule has 0 atom stereocenters. The van der Waals surface area contributed by atoms with Gasteiger partial charge in [0.2, 0.25) is 5.91 Å². The van der Waals surface area contributed by atoms with Gasteiger partial charge in [-0.3, -0.25) is 4.79 Å². The summed E-state index contributed by atoms with van der Waals surface area (Å²) in [5, 5.41) is 0. The van der Waals surface area contributed by atoms with Gasteiger partial charge in [0.1, 0.15) is 0 Å². The fourth-order valence-electron chi connectivity index (χ4n) is 1.08. The summed E-state index contributed by atoms with van der Waals surface area (Å²) in [4.78, 5) is 13.2. The van der Waals surface area contributed by atoms with Gasteiger partial charge in [0.15, 0.2) is 0 Å². The lowest BCUT2D eigenvalue weighted by Gasteiger charge is -2.21. The van der Waals surface area contributed by atoms with Crippen molar-refractivity contribution in [2.45, 2.75) is 45.6 Å². The number of rotatable bonds is 5. The molecule has 0 bridgehead atoms. The Morgan fingerprint density at radius 3 is 2.38 bits per heavy atom. The molecule has 0 heterocycles. The summed E-state index contributed by atoms with van der Waals surface area (Å²) in [6.45, 7) is 6.79. The van der Waals surface area contributed by atoms with Crippen molar-refractivity contribution in [1.29, 1.82) is 0 Å². The Balaban J connectivity index is 3.74. The number of carbonyl (C=O) groups excluding carboxylic acids is 1. The van der Waals surface area contributed by atoms with E-state index >= 15 is 0 Å². The summed E-state index contributed by atoms with van der Waals surface area (Å²) in [6.07, 6.45) is 2.31. The van der Waals surface area contributed by atoms with Crippen molar-refractivity contribution in [2.75, 3.05) is 13.6 Å². The third-order valence-corrected chi connectivity index (χ3v) is 1.97. The molecule has 0 rings (SSSR count). The summed E-state index contributed by atoms with van der Waals surface area (Å²) in [7, 11) is 1.84. The van der Waals surface area contributed by atoms with Gasteiger partial charge in [-0.05, 0) is 26.7 Å². The van der Waals surface area contributed by atoms with E-state index in [-0.39, 0.29) is 11.4 Å². The molecule has 3 nitrogen and oxygen atoms in total. The molecule has 78 valence electrons. The Bertz CT molecular complexity index is 161. The molecule has 0 unspecified atom stereocenters. The molecule has 0 saturated heterocycles. The quantitative estimate of drug-likeness (QED) is 0.705. The number of carbonyl (C=O) groups is 1. The van der Waals surface area contributed by atoms with Crippen molar-refractivity contribution in [1.82, 2.24) is 4.90 Å². The maximum atomic E-state index is 11.4. The fraction of sp³-hybridized carbons (Fsp3) is 0.900. The molecule has 0 aliphatic rings. The van der Waals surface area contributed by atoms with Crippen LogP contribution >= 0.6 is 0 Å². The van der Waals surface area contributed by atoms with E-state index in [0.29, 0.717) is 6.42 Å². The Kier molecular flexibility index (Phi) is 4.99. The first-order valence-corrected chi connectivity index (χ1v) is 4.89. The molecule has 0 aromatic carbocycles. The molecular formula is C10H22N2O. The number of nitrogens with two attached hydrogens (primary N) is 1. The van der Waals surface area contributed by atoms with Gasteiger partial charge in [-0.25, -0.2) is 0 Å². The summed E-state index contributed by atoms with van der Waals surface area (Å²) < 4.78 is 0. The van der Waals surface area contributed by atoms with Crippen LogP contribution in [0.2, 0.25) is 0 Å². The molecule has 0 radical (unpaired) electrons. The second-order valence-corrected chi connectivity index (χ2v) is 4.30. The Morgan fingerprint density at radius 2 is 2.00 bits per heavy atom. The fourth-order valence-corrected chi connectivity index (χ4v) is 1.08. The van der Waals surface area contributed by atoms with Crippen LogP contribution in [0.4, 0.5) is 0 Å². The van der Waals surface area contributed by atoms with E-state index in [1.807, 2.05) is 20.9 Å². The molecule has 0 aromatic rings. The van der Waals surface area contributed by atoms with Crippen LogP contribution in [0.3, 0.4) is 0 Å². The smallest absolute Gasteiger partial charge is 0.222 e. The van der Waals surface area contributed by atoms with Crippen molar-refractivity contribution in [2.24, 2.45) is 5.73 Å². The van der Waals surface area contributed by atoms with Gasteiger partial charge in [0, 0.05) is 25.6 Å². The number of hydrogen-bond acceptors (Lipinski definition) is 2. The van der Waals surface area contributed by atoms with Crippen LogP contribution in [-0.4, -0.2) is 29.9 Å². The highest BCUT2D eigenvalue weighted by atomic mass is 16.2. The maximum Gasteiger partial charge on any atom is 0.222 e. The lowest BCUT2D eigenvalue weighted by molar-refractivity contribution is -0.130. The van der Waals surface area contributed by atoms with Gasteiger partial charge in [-0.15, -0.1) is 0 Å². The van der Waals surface area contributed by atoms with E-state index < -0.39 is 0 Å². The zero-order chi connectivity index (χ0) is 10.5. The maximum absolute atomic E-state index is 11.4. The summed E-state index contributed by atoms with van der Waals surface area (Å²) in [5.74, 6) is 0.195. The van der Waals surface area contributed by atoms with Crippen molar-refractivity contribution in [3.05, 3.63) is 0 Å². The molecule has 0 saturated carbocycles. The molecule has 0 aliphatic heterocycles. The van der Waals surface area contributed by atoms with Crippen LogP contribution < -0.4 is 5.73 Å². The Labute approximate surface area is 81.3 Å². The zero-order valence-corrected chi connectivity index (χ0v) is 9.26. The molecule has 0 aliphatic carbocycles. The molecule has 0 spiro atoms. The third-order valence-electron chi connectivity index (χ3n) is 1.97. The van der Waals surface area contributed by atoms with Gasteiger partial charge in [-0.1, -0.05) is 6.92 Å². The standard InChI is InChI=1S/C10H22N2O/c1-5-8-12(4)9(13)6-7-10(2,3)11/h5-8,11H2,1-4H3. The molecule has 1 amide bonds. The van der Waals surface area contributed by atoms with Crippen molar-refractivity contribution in [3.8, 4) is 0 Å². The molecule has 3 heteroatoms. The Morgan fingerprint density at radius 1 is 1.46 bits per heavy atom. The van der Waals surface area contributed by atoms with Crippen molar-refractivity contribution >= 4 is 5.91 Å². The predicted molar refractivity (Wildman–Crippen MR) is 55.4 cm³/mol. The largest absolute Gasteiger partial charge is 0.346 e. The topological polar surface area (TPSA) is 46.3 Å². The first-order chi connectivity index (χ1) is 5.87. The van der Waals surface area contributed by atoms with Crippen LogP contribution in [0.15, 0.2) is 0 Å². The lowest BCUT2D eigenvalue weighted by atomic mass is 10.00. The molecule has 2 N–H and O–H groups in total. The Hall–Kier alpha value is -0.570. The first-order valence-electron chi connectivity index (χ1n) is 4.89. The lowest BCUT2D eigenvalue weighted by Crippen LogP contribution is -2.35. The normalized spacial score (nSPS) is 11.5. The summed E-state index contributed by atoms with van der Waals surface area (Å²) >= 11 is 0. The van der Waals surface area contributed by atoms with Gasteiger partial charge in [-0.2, -0.15) is 0 Å². The highest BCUT2D eigenvalue weighted by Crippen LogP contribution is 2.08. The van der Waals surface area contributed by atoms with Crippen LogP contribution in [-0.2, 0) is 4.79 Å². The number of hydrogen-bond donors (Lipinski definition) is 1. The minimum Gasteiger partial charge on any atom is -0.346 e. The monoisotopic (exact) mass is 186 g/mol. The van der Waals surface area contributed by atoms with Crippen molar-refractivity contribution < 1.29 is 4.79 Å². The van der Waals surface area contributed by atoms with Gasteiger partial charge in [0.05, 0.1) is 0 Å². The van der Waals surface area contributed by atoms with Gasteiger partial charge < -0.3 is 10.6 Å². The van der Waals surface area contributed by atoms with Gasteiger partial charge >= 0.3 is 0 Å². The van der Waals surface area contributed by atoms with E-state index in [4.69, 9.17) is 5.73 Å².